The van der Waals surface area contributed by atoms with Crippen LogP contribution in [0.15, 0.2) is 18.2 Å². The summed E-state index contributed by atoms with van der Waals surface area (Å²) in [7, 11) is 0. The average Bonchev–Trinajstić information content (AvgIpc) is 2.07. The molecule has 0 aliphatic heterocycles. The third-order valence-corrected chi connectivity index (χ3v) is 1.69. The quantitative estimate of drug-likeness (QED) is 0.333. The van der Waals surface area contributed by atoms with Crippen LogP contribution in [-0.4, -0.2) is 13.7 Å². The fraction of sp³-hybridized carbons (Fsp3) is 0. The fourth-order valence-electron chi connectivity index (χ4n) is 0.786. The first-order chi connectivity index (χ1) is 6.50. The molecule has 1 rings (SSSR count). The number of nitro benzene ring substituents is 1. The van der Waals surface area contributed by atoms with Crippen molar-refractivity contribution in [2.24, 2.45) is 0 Å². The molecule has 7 nitrogen and oxygen atoms in total. The monoisotopic (exact) mass is 218 g/mol. The van der Waals surface area contributed by atoms with Gasteiger partial charge in [-0.1, -0.05) is 0 Å². The van der Waals surface area contributed by atoms with Crippen molar-refractivity contribution in [2.45, 2.75) is 0 Å². The van der Waals surface area contributed by atoms with Gasteiger partial charge in [0.25, 0.3) is 5.69 Å². The molecule has 14 heavy (non-hydrogen) atoms. The number of benzene rings is 1. The molecule has 0 fully saturated rings. The third kappa shape index (κ3) is 2.41. The van der Waals surface area contributed by atoms with Gasteiger partial charge in [0.1, 0.15) is 0 Å². The summed E-state index contributed by atoms with van der Waals surface area (Å²) in [5.74, 6) is -0.194. The van der Waals surface area contributed by atoms with Gasteiger partial charge in [0.15, 0.2) is 5.75 Å². The number of hydrogen-bond donors (Lipinski definition) is 2. The lowest BCUT2D eigenvalue weighted by Gasteiger charge is -2.02. The predicted octanol–water partition coefficient (Wildman–Crippen LogP) is 0.693. The van der Waals surface area contributed by atoms with E-state index in [1.807, 2.05) is 0 Å². The van der Waals surface area contributed by atoms with Crippen LogP contribution in [0.25, 0.3) is 0 Å². The molecule has 0 heterocycles. The van der Waals surface area contributed by atoms with Crippen molar-refractivity contribution in [1.29, 1.82) is 0 Å². The van der Waals surface area contributed by atoms with Crippen LogP contribution in [0.2, 0.25) is 0 Å². The van der Waals surface area contributed by atoms with Crippen LogP contribution in [0.3, 0.4) is 0 Å². The maximum atomic E-state index is 10.3. The summed E-state index contributed by atoms with van der Waals surface area (Å²) in [6.07, 6.45) is 0. The van der Waals surface area contributed by atoms with E-state index in [1.54, 1.807) is 0 Å². The van der Waals surface area contributed by atoms with Gasteiger partial charge in [0.2, 0.25) is 0 Å². The molecule has 0 aromatic heterocycles. The standard InChI is InChI=1S/C6H6N2O5S/c7-5-2-1-4(8(9)10)3-6(5)13-14(11)12/h1-3H,7H2,(H,11,12). The van der Waals surface area contributed by atoms with E-state index in [0.29, 0.717) is 0 Å². The van der Waals surface area contributed by atoms with Crippen LogP contribution >= 0.6 is 0 Å². The second-order valence-electron chi connectivity index (χ2n) is 2.28. The fourth-order valence-corrected chi connectivity index (χ4v) is 1.08. The number of rotatable bonds is 3. The van der Waals surface area contributed by atoms with Gasteiger partial charge >= 0.3 is 11.4 Å². The van der Waals surface area contributed by atoms with Crippen LogP contribution in [-0.2, 0) is 11.4 Å². The lowest BCUT2D eigenvalue weighted by molar-refractivity contribution is -0.384. The summed E-state index contributed by atoms with van der Waals surface area (Å²) in [5.41, 5.74) is 5.13. The Morgan fingerprint density at radius 1 is 1.57 bits per heavy atom. The molecule has 1 atom stereocenters. The van der Waals surface area contributed by atoms with E-state index in [-0.39, 0.29) is 17.1 Å². The molecule has 1 aromatic carbocycles. The number of anilines is 1. The Hall–Kier alpha value is -1.67. The Balaban J connectivity index is 3.08. The van der Waals surface area contributed by atoms with E-state index in [1.165, 1.54) is 12.1 Å². The molecule has 0 amide bonds. The Morgan fingerprint density at radius 2 is 2.21 bits per heavy atom. The Labute approximate surface area is 81.1 Å². The second kappa shape index (κ2) is 4.03. The first-order valence-corrected chi connectivity index (χ1v) is 4.37. The summed E-state index contributed by atoms with van der Waals surface area (Å²) in [6.45, 7) is 0. The van der Waals surface area contributed by atoms with Gasteiger partial charge in [0, 0.05) is 6.07 Å². The van der Waals surface area contributed by atoms with Crippen molar-refractivity contribution in [3.63, 3.8) is 0 Å². The van der Waals surface area contributed by atoms with E-state index in [0.717, 1.165) is 6.07 Å². The summed E-state index contributed by atoms with van der Waals surface area (Å²) >= 11 is -2.55. The Kier molecular flexibility index (Phi) is 2.99. The molecule has 0 saturated heterocycles. The molecule has 0 radical (unpaired) electrons. The molecule has 0 aliphatic rings. The largest absolute Gasteiger partial charge is 0.396 e. The second-order valence-corrected chi connectivity index (χ2v) is 2.88. The number of nitro groups is 1. The topological polar surface area (TPSA) is 116 Å². The molecule has 1 aromatic rings. The maximum Gasteiger partial charge on any atom is 0.357 e. The van der Waals surface area contributed by atoms with E-state index in [9.17, 15) is 14.3 Å². The van der Waals surface area contributed by atoms with Gasteiger partial charge < -0.3 is 9.92 Å². The molecule has 3 N–H and O–H groups in total. The van der Waals surface area contributed by atoms with E-state index < -0.39 is 16.3 Å². The van der Waals surface area contributed by atoms with Crippen molar-refractivity contribution in [3.05, 3.63) is 28.3 Å². The lowest BCUT2D eigenvalue weighted by Crippen LogP contribution is -2.01. The van der Waals surface area contributed by atoms with Crippen LogP contribution in [0.1, 0.15) is 0 Å². The van der Waals surface area contributed by atoms with Crippen LogP contribution in [0, 0.1) is 10.1 Å². The van der Waals surface area contributed by atoms with Crippen molar-refractivity contribution in [1.82, 2.24) is 0 Å². The van der Waals surface area contributed by atoms with Gasteiger partial charge in [-0.25, -0.2) is 0 Å². The zero-order valence-corrected chi connectivity index (χ0v) is 7.56. The van der Waals surface area contributed by atoms with Crippen LogP contribution in [0.5, 0.6) is 5.75 Å². The van der Waals surface area contributed by atoms with Crippen LogP contribution in [0.4, 0.5) is 11.4 Å². The van der Waals surface area contributed by atoms with Crippen molar-refractivity contribution in [3.8, 4) is 5.75 Å². The van der Waals surface area contributed by atoms with E-state index in [4.69, 9.17) is 10.3 Å². The highest BCUT2D eigenvalue weighted by Gasteiger charge is 2.11. The van der Waals surface area contributed by atoms with Crippen molar-refractivity contribution >= 4 is 22.7 Å². The highest BCUT2D eigenvalue weighted by Crippen LogP contribution is 2.26. The minimum absolute atomic E-state index is 0.0537. The molecule has 0 bridgehead atoms. The number of nitrogen functional groups attached to an aromatic ring is 1. The number of nitrogens with zero attached hydrogens (tertiary/aromatic N) is 1. The van der Waals surface area contributed by atoms with Gasteiger partial charge in [-0.3, -0.25) is 14.7 Å². The zero-order valence-electron chi connectivity index (χ0n) is 6.75. The molecule has 76 valence electrons. The third-order valence-electron chi connectivity index (χ3n) is 1.37. The lowest BCUT2D eigenvalue weighted by atomic mass is 10.3. The predicted molar refractivity (Wildman–Crippen MR) is 48.9 cm³/mol. The van der Waals surface area contributed by atoms with Crippen LogP contribution < -0.4 is 9.92 Å². The molecular formula is C6H6N2O5S. The number of nitrogens with two attached hydrogens (primary N) is 1. The molecule has 8 heteroatoms. The first kappa shape index (κ1) is 10.4. The molecule has 0 spiro atoms. The summed E-state index contributed by atoms with van der Waals surface area (Å²) in [5, 5.41) is 10.3. The number of hydrogen-bond acceptors (Lipinski definition) is 5. The van der Waals surface area contributed by atoms with Crippen molar-refractivity contribution < 1.29 is 17.9 Å². The van der Waals surface area contributed by atoms with E-state index >= 15 is 0 Å². The van der Waals surface area contributed by atoms with E-state index in [2.05, 4.69) is 4.18 Å². The highest BCUT2D eigenvalue weighted by atomic mass is 32.2. The van der Waals surface area contributed by atoms with Gasteiger partial charge in [0.05, 0.1) is 16.7 Å². The Bertz CT molecular complexity index is 394. The summed E-state index contributed by atoms with van der Waals surface area (Å²) in [4.78, 5) is 9.66. The minimum atomic E-state index is -2.55. The zero-order chi connectivity index (χ0) is 10.7. The average molecular weight is 218 g/mol. The van der Waals surface area contributed by atoms with Crippen molar-refractivity contribution in [2.75, 3.05) is 5.73 Å². The SMILES string of the molecule is Nc1ccc([N+](=O)[O-])cc1OS(=O)O. The normalized spacial score (nSPS) is 12.1. The highest BCUT2D eigenvalue weighted by molar-refractivity contribution is 7.74. The summed E-state index contributed by atoms with van der Waals surface area (Å²) in [6, 6.07) is 3.37. The Morgan fingerprint density at radius 3 is 2.71 bits per heavy atom. The summed E-state index contributed by atoms with van der Waals surface area (Å²) < 4.78 is 23.0. The molecule has 1 unspecified atom stereocenters. The first-order valence-electron chi connectivity index (χ1n) is 3.34. The van der Waals surface area contributed by atoms with Gasteiger partial charge in [-0.05, 0) is 6.07 Å². The molecule has 0 saturated carbocycles. The van der Waals surface area contributed by atoms with Gasteiger partial charge in [-0.15, -0.1) is 0 Å². The minimum Gasteiger partial charge on any atom is -0.396 e. The molecular weight excluding hydrogens is 212 g/mol. The maximum absolute atomic E-state index is 10.3. The smallest absolute Gasteiger partial charge is 0.357 e. The number of non-ortho nitro benzene ring substituents is 1. The van der Waals surface area contributed by atoms with Gasteiger partial charge in [-0.2, -0.15) is 4.21 Å². The molecule has 0 aliphatic carbocycles.